The Labute approximate surface area is 438 Å². The molecule has 6 N–H and O–H groups in total. The van der Waals surface area contributed by atoms with Crippen molar-refractivity contribution in [3.63, 3.8) is 0 Å². The summed E-state index contributed by atoms with van der Waals surface area (Å²) in [7, 11) is 13.3. The number of ether oxygens (including phenoxy) is 8. The molecule has 0 spiro atoms. The van der Waals surface area contributed by atoms with Crippen molar-refractivity contribution in [1.82, 2.24) is 0 Å². The Balaban J connectivity index is -0.0000000737. The lowest BCUT2D eigenvalue weighted by atomic mass is 9.88. The van der Waals surface area contributed by atoms with Gasteiger partial charge in [-0.1, -0.05) is 132 Å². The van der Waals surface area contributed by atoms with Gasteiger partial charge in [0.2, 0.25) is 0 Å². The van der Waals surface area contributed by atoms with Crippen molar-refractivity contribution in [3.05, 3.63) is 0 Å². The summed E-state index contributed by atoms with van der Waals surface area (Å²) in [6.45, 7) is 39.1. The Kier molecular flexibility index (Phi) is 95.6. The molecule has 4 unspecified atom stereocenters. The van der Waals surface area contributed by atoms with Crippen LogP contribution in [0.5, 0.6) is 0 Å². The van der Waals surface area contributed by atoms with Gasteiger partial charge in [-0.25, -0.2) is 0 Å². The number of hydrogen-bond donors (Lipinski definition) is 6. The van der Waals surface area contributed by atoms with E-state index in [2.05, 4.69) is 111 Å². The molecule has 0 rings (SSSR count). The van der Waals surface area contributed by atoms with Gasteiger partial charge in [-0.2, -0.15) is 0 Å². The maximum Gasteiger partial charge on any atom is 0.103 e. The van der Waals surface area contributed by atoms with Crippen molar-refractivity contribution in [1.29, 1.82) is 0 Å². The fourth-order valence-electron chi connectivity index (χ4n) is 5.94. The third-order valence-corrected chi connectivity index (χ3v) is 9.98. The van der Waals surface area contributed by atoms with Gasteiger partial charge >= 0.3 is 0 Å². The first-order valence-electron chi connectivity index (χ1n) is 25.6. The first kappa shape index (κ1) is 92.1. The van der Waals surface area contributed by atoms with Crippen LogP contribution in [-0.2, 0) is 37.9 Å². The Morgan fingerprint density at radius 3 is 0.829 bits per heavy atom. The van der Waals surface area contributed by atoms with Gasteiger partial charge < -0.3 is 68.5 Å². The maximum atomic E-state index is 8.73. The molecule has 0 amide bonds. The van der Waals surface area contributed by atoms with Crippen molar-refractivity contribution in [2.75, 3.05) is 123 Å². The second kappa shape index (κ2) is 72.7. The van der Waals surface area contributed by atoms with E-state index in [1.165, 1.54) is 46.3 Å². The third-order valence-electron chi connectivity index (χ3n) is 9.98. The third kappa shape index (κ3) is 90.2. The highest BCUT2D eigenvalue weighted by Crippen LogP contribution is 2.20. The van der Waals surface area contributed by atoms with E-state index in [1.54, 1.807) is 35.5 Å². The van der Waals surface area contributed by atoms with E-state index in [9.17, 15) is 0 Å². The average Bonchev–Trinajstić information content (AvgIpc) is 3.26. The molecule has 0 saturated heterocycles. The van der Waals surface area contributed by atoms with Gasteiger partial charge in [0, 0.05) is 89.2 Å². The number of hydrogen-bond acceptors (Lipinski definition) is 14. The fourth-order valence-corrected chi connectivity index (χ4v) is 5.94. The Morgan fingerprint density at radius 2 is 0.657 bits per heavy atom. The summed E-state index contributed by atoms with van der Waals surface area (Å²) in [5.74, 6) is 7.08. The van der Waals surface area contributed by atoms with Gasteiger partial charge in [-0.3, -0.25) is 0 Å². The van der Waals surface area contributed by atoms with Crippen LogP contribution in [0.1, 0.15) is 164 Å². The predicted octanol–water partition coefficient (Wildman–Crippen LogP) is 10.6. The van der Waals surface area contributed by atoms with E-state index in [-0.39, 0.29) is 59.9 Å². The molecular weight excluding hydrogens is 897 g/mol. The van der Waals surface area contributed by atoms with Crippen LogP contribution >= 0.6 is 0 Å². The highest BCUT2D eigenvalue weighted by Gasteiger charge is 2.14. The monoisotopic (exact) mass is 1030 g/mol. The minimum absolute atomic E-state index is 0. The second-order valence-corrected chi connectivity index (χ2v) is 20.0. The lowest BCUT2D eigenvalue weighted by Crippen LogP contribution is -2.19. The second-order valence-electron chi connectivity index (χ2n) is 20.0. The zero-order chi connectivity index (χ0) is 55.1. The van der Waals surface area contributed by atoms with Gasteiger partial charge in [0.1, 0.15) is 12.2 Å². The van der Waals surface area contributed by atoms with Gasteiger partial charge in [0.05, 0.1) is 51.8 Å². The van der Waals surface area contributed by atoms with E-state index in [0.717, 1.165) is 79.5 Å². The molecule has 440 valence electrons. The summed E-state index contributed by atoms with van der Waals surface area (Å²) in [5, 5.41) is 50.2. The number of aliphatic hydroxyl groups excluding tert-OH is 6. The minimum atomic E-state index is -0.718. The van der Waals surface area contributed by atoms with Crippen LogP contribution in [0.2, 0.25) is 0 Å². The number of rotatable bonds is 30. The van der Waals surface area contributed by atoms with Gasteiger partial charge in [-0.05, 0) is 85.4 Å². The van der Waals surface area contributed by atoms with Crippen LogP contribution in [0.25, 0.3) is 0 Å². The van der Waals surface area contributed by atoms with Crippen LogP contribution in [0.15, 0.2) is 0 Å². The van der Waals surface area contributed by atoms with Crippen molar-refractivity contribution in [2.45, 2.75) is 189 Å². The standard InChI is InChI=1S/2C10H22O.2C8H18O.2C5H12O2.2C4H10O3.2CH4/c1-8(2)6-10(7-11-5)9(3)4;1-8(2)6-10(11-5)7-9(3)4;1-7(2)5-8(3)6-9-4;1-5-8(6-9-4)7(2)3;1-5(3-6)4-7-2;1-3-5(6)4-7-2;1-7-3-4(6)2-5;1-7-4(2-5)3-6;;/h2*8-10H,6-7H2,1-5H3;2*7-8H,5-6H2,1-4H3;2*5-6H,3-4H2,1-2H3;2*4-6H,2-3H2,1H3;2*1H4/t10-;;;8-;;;;;;/m0..0....../s1. The zero-order valence-corrected chi connectivity index (χ0v) is 49.3. The largest absolute Gasteiger partial charge is 0.396 e. The van der Waals surface area contributed by atoms with Crippen molar-refractivity contribution >= 4 is 0 Å². The molecule has 0 bridgehead atoms. The molecule has 14 nitrogen and oxygen atoms in total. The molecule has 0 radical (unpaired) electrons. The summed E-state index contributed by atoms with van der Waals surface area (Å²) in [6, 6.07) is 0. The number of aliphatic hydroxyl groups is 6. The minimum Gasteiger partial charge on any atom is -0.396 e. The topological polar surface area (TPSA) is 195 Å². The smallest absolute Gasteiger partial charge is 0.103 e. The molecule has 0 aliphatic heterocycles. The lowest BCUT2D eigenvalue weighted by Gasteiger charge is -2.21. The molecule has 0 aromatic carbocycles. The lowest BCUT2D eigenvalue weighted by molar-refractivity contribution is 0.00933. The molecule has 0 heterocycles. The summed E-state index contributed by atoms with van der Waals surface area (Å²) >= 11 is 0. The molecule has 0 aromatic rings. The quantitative estimate of drug-likeness (QED) is 0.0398. The van der Waals surface area contributed by atoms with Crippen molar-refractivity contribution in [3.8, 4) is 0 Å². The van der Waals surface area contributed by atoms with Crippen molar-refractivity contribution < 1.29 is 68.5 Å². The van der Waals surface area contributed by atoms with E-state index in [4.69, 9.17) is 54.3 Å². The molecule has 14 heteroatoms. The van der Waals surface area contributed by atoms with Gasteiger partial charge in [0.15, 0.2) is 0 Å². The first-order valence-corrected chi connectivity index (χ1v) is 25.6. The summed E-state index contributed by atoms with van der Waals surface area (Å²) in [6.07, 6.45) is 6.01. The van der Waals surface area contributed by atoms with Crippen LogP contribution < -0.4 is 0 Å². The molecule has 6 atom stereocenters. The van der Waals surface area contributed by atoms with Crippen LogP contribution in [0.3, 0.4) is 0 Å². The van der Waals surface area contributed by atoms with E-state index < -0.39 is 12.2 Å². The Morgan fingerprint density at radius 1 is 0.329 bits per heavy atom. The molecule has 0 fully saturated rings. The van der Waals surface area contributed by atoms with Crippen LogP contribution in [0, 0.1) is 59.2 Å². The van der Waals surface area contributed by atoms with Gasteiger partial charge in [0.25, 0.3) is 0 Å². The highest BCUT2D eigenvalue weighted by molar-refractivity contribution is 4.64. The summed E-state index contributed by atoms with van der Waals surface area (Å²) in [5.41, 5.74) is 0. The fraction of sp³-hybridized carbons (Fsp3) is 1.00. The van der Waals surface area contributed by atoms with E-state index in [0.29, 0.717) is 19.3 Å². The molecule has 70 heavy (non-hydrogen) atoms. The molecular formula is C56H132O14. The highest BCUT2D eigenvalue weighted by atomic mass is 16.5. The average molecular weight is 1030 g/mol. The first-order chi connectivity index (χ1) is 31.8. The molecule has 0 saturated carbocycles. The molecule has 0 aliphatic carbocycles. The van der Waals surface area contributed by atoms with Gasteiger partial charge in [-0.15, -0.1) is 0 Å². The SMILES string of the molecule is C.C.CCC(O)COC.CC[C@@H](COC)C(C)C.COC(CC(C)C)CC(C)C.COC(CO)CO.COCC(C)CC(C)C.COCC(C)CO.COCC(O)CO.COC[C@H](CC(C)C)C(C)C. The van der Waals surface area contributed by atoms with E-state index >= 15 is 0 Å². The molecule has 0 aliphatic rings. The molecule has 0 aromatic heterocycles. The summed E-state index contributed by atoms with van der Waals surface area (Å²) in [4.78, 5) is 0. The van der Waals surface area contributed by atoms with Crippen LogP contribution in [-0.4, -0.2) is 178 Å². The summed E-state index contributed by atoms with van der Waals surface area (Å²) < 4.78 is 39.0. The van der Waals surface area contributed by atoms with E-state index in [1.807, 2.05) is 21.0 Å². The van der Waals surface area contributed by atoms with Crippen LogP contribution in [0.4, 0.5) is 0 Å². The maximum absolute atomic E-state index is 8.73. The number of methoxy groups -OCH3 is 8. The normalized spacial score (nSPS) is 13.1. The zero-order valence-electron chi connectivity index (χ0n) is 49.3. The Bertz CT molecular complexity index is 788. The predicted molar refractivity (Wildman–Crippen MR) is 300 cm³/mol. The van der Waals surface area contributed by atoms with Crippen molar-refractivity contribution in [2.24, 2.45) is 59.2 Å². The Hall–Kier alpha value is -0.560.